The molecule has 1 nitrogen and oxygen atoms in total. The van der Waals surface area contributed by atoms with Gasteiger partial charge in [0.1, 0.15) is 0 Å². The Morgan fingerprint density at radius 3 is 2.00 bits per heavy atom. The van der Waals surface area contributed by atoms with Crippen molar-refractivity contribution in [2.45, 2.75) is 82.3 Å². The first kappa shape index (κ1) is 12.9. The first-order chi connectivity index (χ1) is 7.85. The molecule has 0 amide bonds. The van der Waals surface area contributed by atoms with Gasteiger partial charge in [0.15, 0.2) is 0 Å². The number of alkyl halides is 1. The van der Waals surface area contributed by atoms with Crippen LogP contribution in [0.2, 0.25) is 0 Å². The summed E-state index contributed by atoms with van der Waals surface area (Å²) in [6, 6.07) is 0. The summed E-state index contributed by atoms with van der Waals surface area (Å²) >= 11 is 3.69. The molecule has 0 saturated heterocycles. The Hall–Kier alpha value is 0.440. The van der Waals surface area contributed by atoms with Crippen molar-refractivity contribution in [1.29, 1.82) is 0 Å². The summed E-state index contributed by atoms with van der Waals surface area (Å²) in [6.45, 7) is 0. The third-order valence-corrected chi connectivity index (χ3v) is 5.25. The fraction of sp³-hybridized carbons (Fsp3) is 1.00. The van der Waals surface area contributed by atoms with Crippen molar-refractivity contribution in [3.63, 3.8) is 0 Å². The van der Waals surface area contributed by atoms with Crippen LogP contribution in [-0.4, -0.2) is 17.0 Å². The van der Waals surface area contributed by atoms with Crippen molar-refractivity contribution in [3.8, 4) is 0 Å². The molecule has 0 radical (unpaired) electrons. The van der Waals surface area contributed by atoms with Gasteiger partial charge in [-0.15, -0.1) is 0 Å². The predicted octanol–water partition coefficient (Wildman–Crippen LogP) is 4.82. The maximum Gasteiger partial charge on any atom is 0.0782 e. The van der Waals surface area contributed by atoms with Crippen LogP contribution in [0.1, 0.15) is 70.6 Å². The van der Waals surface area contributed by atoms with Gasteiger partial charge < -0.3 is 4.74 Å². The maximum absolute atomic E-state index is 6.50. The molecule has 2 aliphatic carbocycles. The van der Waals surface area contributed by atoms with E-state index < -0.39 is 0 Å². The zero-order valence-corrected chi connectivity index (χ0v) is 11.9. The quantitative estimate of drug-likeness (QED) is 0.534. The van der Waals surface area contributed by atoms with Gasteiger partial charge >= 0.3 is 0 Å². The number of ether oxygens (including phenoxy) is 1. The molecule has 0 heterocycles. The number of rotatable bonds is 3. The van der Waals surface area contributed by atoms with E-state index in [0.717, 1.165) is 5.33 Å². The monoisotopic (exact) mass is 288 g/mol. The third-order valence-electron chi connectivity index (χ3n) is 4.23. The number of hydrogen-bond donors (Lipinski definition) is 0. The molecule has 0 aromatic rings. The molecule has 0 bridgehead atoms. The fourth-order valence-electron chi connectivity index (χ4n) is 3.19. The van der Waals surface area contributed by atoms with Gasteiger partial charge in [0.05, 0.1) is 11.7 Å². The van der Waals surface area contributed by atoms with Crippen molar-refractivity contribution in [1.82, 2.24) is 0 Å². The Kier molecular flexibility index (Phi) is 5.15. The lowest BCUT2D eigenvalue weighted by atomic mass is 9.86. The van der Waals surface area contributed by atoms with Gasteiger partial charge in [-0.05, 0) is 25.7 Å². The van der Waals surface area contributed by atoms with Crippen LogP contribution in [0.5, 0.6) is 0 Å². The van der Waals surface area contributed by atoms with Crippen molar-refractivity contribution in [2.24, 2.45) is 0 Å². The van der Waals surface area contributed by atoms with Crippen molar-refractivity contribution >= 4 is 15.9 Å². The van der Waals surface area contributed by atoms with Crippen LogP contribution in [0, 0.1) is 0 Å². The van der Waals surface area contributed by atoms with Gasteiger partial charge in [0.2, 0.25) is 0 Å². The summed E-state index contributed by atoms with van der Waals surface area (Å²) in [4.78, 5) is 0. The molecule has 94 valence electrons. The van der Waals surface area contributed by atoms with E-state index in [1.807, 2.05) is 0 Å². The van der Waals surface area contributed by atoms with Gasteiger partial charge in [-0.1, -0.05) is 60.9 Å². The predicted molar refractivity (Wildman–Crippen MR) is 72.2 cm³/mol. The van der Waals surface area contributed by atoms with E-state index >= 15 is 0 Å². The molecular weight excluding hydrogens is 264 g/mol. The molecule has 0 atom stereocenters. The maximum atomic E-state index is 6.50. The number of halogens is 1. The molecule has 0 aromatic heterocycles. The zero-order valence-electron chi connectivity index (χ0n) is 10.3. The molecule has 2 saturated carbocycles. The van der Waals surface area contributed by atoms with E-state index in [9.17, 15) is 0 Å². The topological polar surface area (TPSA) is 9.23 Å². The minimum atomic E-state index is 0.188. The summed E-state index contributed by atoms with van der Waals surface area (Å²) in [5.74, 6) is 0. The third kappa shape index (κ3) is 3.46. The zero-order chi connectivity index (χ0) is 11.3. The normalized spacial score (nSPS) is 27.6. The van der Waals surface area contributed by atoms with Crippen LogP contribution in [0.25, 0.3) is 0 Å². The standard InChI is InChI=1S/C14H25BrO/c15-12-14(10-6-3-7-11-14)16-13-8-4-1-2-5-9-13/h13H,1-12H2. The fourth-order valence-corrected chi connectivity index (χ4v) is 3.89. The Labute approximate surface area is 108 Å². The van der Waals surface area contributed by atoms with Crippen molar-refractivity contribution in [3.05, 3.63) is 0 Å². The second-order valence-corrected chi connectivity index (χ2v) is 6.17. The van der Waals surface area contributed by atoms with Crippen LogP contribution in [0.4, 0.5) is 0 Å². The van der Waals surface area contributed by atoms with Gasteiger partial charge in [-0.25, -0.2) is 0 Å². The lowest BCUT2D eigenvalue weighted by Crippen LogP contribution is -2.40. The molecule has 0 N–H and O–H groups in total. The average Bonchev–Trinajstić information content (AvgIpc) is 2.59. The van der Waals surface area contributed by atoms with E-state index in [1.165, 1.54) is 70.6 Å². The Bertz CT molecular complexity index is 191. The van der Waals surface area contributed by atoms with Crippen molar-refractivity contribution in [2.75, 3.05) is 5.33 Å². The summed E-state index contributed by atoms with van der Waals surface area (Å²) in [7, 11) is 0. The highest BCUT2D eigenvalue weighted by molar-refractivity contribution is 9.09. The molecule has 2 rings (SSSR count). The molecule has 0 spiro atoms. The molecular formula is C14H25BrO. The first-order valence-electron chi connectivity index (χ1n) is 7.08. The molecule has 16 heavy (non-hydrogen) atoms. The van der Waals surface area contributed by atoms with E-state index in [0.29, 0.717) is 6.10 Å². The second-order valence-electron chi connectivity index (χ2n) is 5.61. The summed E-state index contributed by atoms with van der Waals surface area (Å²) in [5.41, 5.74) is 0.188. The highest BCUT2D eigenvalue weighted by Crippen LogP contribution is 2.36. The van der Waals surface area contributed by atoms with Gasteiger partial charge in [-0.3, -0.25) is 0 Å². The van der Waals surface area contributed by atoms with E-state index in [-0.39, 0.29) is 5.60 Å². The Morgan fingerprint density at radius 1 is 0.875 bits per heavy atom. The summed E-state index contributed by atoms with van der Waals surface area (Å²) in [5, 5.41) is 1.04. The molecule has 2 aliphatic rings. The molecule has 0 aliphatic heterocycles. The van der Waals surface area contributed by atoms with Gasteiger partial charge in [0, 0.05) is 5.33 Å². The van der Waals surface area contributed by atoms with Crippen LogP contribution < -0.4 is 0 Å². The minimum absolute atomic E-state index is 0.188. The smallest absolute Gasteiger partial charge is 0.0782 e. The average molecular weight is 289 g/mol. The molecule has 2 heteroatoms. The SMILES string of the molecule is BrCC1(OC2CCCCCC2)CCCCC1. The van der Waals surface area contributed by atoms with Crippen LogP contribution in [-0.2, 0) is 4.74 Å². The highest BCUT2D eigenvalue weighted by Gasteiger charge is 2.34. The minimum Gasteiger partial charge on any atom is -0.371 e. The first-order valence-corrected chi connectivity index (χ1v) is 8.21. The van der Waals surface area contributed by atoms with Gasteiger partial charge in [-0.2, -0.15) is 0 Å². The van der Waals surface area contributed by atoms with Crippen LogP contribution >= 0.6 is 15.9 Å². The highest BCUT2D eigenvalue weighted by atomic mass is 79.9. The van der Waals surface area contributed by atoms with Crippen molar-refractivity contribution < 1.29 is 4.74 Å². The lowest BCUT2D eigenvalue weighted by molar-refractivity contribution is -0.102. The van der Waals surface area contributed by atoms with Crippen LogP contribution in [0.15, 0.2) is 0 Å². The Morgan fingerprint density at radius 2 is 1.44 bits per heavy atom. The summed E-state index contributed by atoms with van der Waals surface area (Å²) < 4.78 is 6.50. The van der Waals surface area contributed by atoms with Gasteiger partial charge in [0.25, 0.3) is 0 Å². The summed E-state index contributed by atoms with van der Waals surface area (Å²) in [6.07, 6.45) is 15.4. The number of hydrogen-bond acceptors (Lipinski definition) is 1. The van der Waals surface area contributed by atoms with E-state index in [1.54, 1.807) is 0 Å². The largest absolute Gasteiger partial charge is 0.371 e. The second kappa shape index (κ2) is 6.39. The van der Waals surface area contributed by atoms with Crippen LogP contribution in [0.3, 0.4) is 0 Å². The Balaban J connectivity index is 1.88. The molecule has 0 aromatic carbocycles. The molecule has 0 unspecified atom stereocenters. The lowest BCUT2D eigenvalue weighted by Gasteiger charge is -2.39. The molecule has 2 fully saturated rings. The van der Waals surface area contributed by atoms with E-state index in [4.69, 9.17) is 4.74 Å². The van der Waals surface area contributed by atoms with E-state index in [2.05, 4.69) is 15.9 Å².